The summed E-state index contributed by atoms with van der Waals surface area (Å²) in [5, 5.41) is 3.14. The Kier molecular flexibility index (Phi) is 7.48. The van der Waals surface area contributed by atoms with Crippen molar-refractivity contribution in [1.82, 2.24) is 0 Å². The number of para-hydroxylation sites is 1. The summed E-state index contributed by atoms with van der Waals surface area (Å²) in [5.74, 6) is -0.109. The number of nitrogens with one attached hydrogen (secondary N) is 1. The van der Waals surface area contributed by atoms with Gasteiger partial charge in [-0.1, -0.05) is 35.9 Å². The predicted octanol–water partition coefficient (Wildman–Crippen LogP) is 4.30. The average molecular weight is 376 g/mol. The predicted molar refractivity (Wildman–Crippen MR) is 102 cm³/mol. The molecule has 2 aromatic rings. The maximum atomic E-state index is 11.9. The van der Waals surface area contributed by atoms with E-state index in [9.17, 15) is 9.59 Å². The van der Waals surface area contributed by atoms with Crippen molar-refractivity contribution < 1.29 is 19.1 Å². The largest absolute Gasteiger partial charge is 0.494 e. The number of carbonyl (C=O) groups excluding carboxylic acids is 2. The molecule has 0 bridgehead atoms. The number of hydrogen-bond acceptors (Lipinski definition) is 4. The molecular weight excluding hydrogens is 354 g/mol. The highest BCUT2D eigenvalue weighted by molar-refractivity contribution is 6.34. The summed E-state index contributed by atoms with van der Waals surface area (Å²) in [4.78, 5) is 23.7. The van der Waals surface area contributed by atoms with Crippen LogP contribution in [0, 0.1) is 13.8 Å². The van der Waals surface area contributed by atoms with Gasteiger partial charge in [-0.3, -0.25) is 9.59 Å². The molecule has 6 heteroatoms. The first kappa shape index (κ1) is 19.8. The fourth-order valence-electron chi connectivity index (χ4n) is 2.39. The standard InChI is InChI=1S/C20H22ClNO4/c1-14-11-15(2)20(17(21)12-14)22-18(23)13-26-19(24)9-6-10-25-16-7-4-3-5-8-16/h3-5,7-8,11-12H,6,9-10,13H2,1-2H3,(H,22,23). The first-order valence-electron chi connectivity index (χ1n) is 8.36. The third-order valence-electron chi connectivity index (χ3n) is 3.60. The van der Waals surface area contributed by atoms with Crippen LogP contribution in [0.4, 0.5) is 5.69 Å². The van der Waals surface area contributed by atoms with E-state index >= 15 is 0 Å². The number of rotatable bonds is 8. The van der Waals surface area contributed by atoms with E-state index in [1.807, 2.05) is 50.2 Å². The Morgan fingerprint density at radius 3 is 2.54 bits per heavy atom. The van der Waals surface area contributed by atoms with Crippen LogP contribution < -0.4 is 10.1 Å². The molecule has 0 fully saturated rings. The third-order valence-corrected chi connectivity index (χ3v) is 3.90. The van der Waals surface area contributed by atoms with Gasteiger partial charge in [-0.2, -0.15) is 0 Å². The number of esters is 1. The third kappa shape index (κ3) is 6.41. The average Bonchev–Trinajstić information content (AvgIpc) is 2.61. The zero-order valence-corrected chi connectivity index (χ0v) is 15.6. The van der Waals surface area contributed by atoms with Crippen LogP contribution in [0.25, 0.3) is 0 Å². The normalized spacial score (nSPS) is 10.3. The molecule has 0 unspecified atom stereocenters. The van der Waals surface area contributed by atoms with Gasteiger partial charge in [-0.15, -0.1) is 0 Å². The van der Waals surface area contributed by atoms with E-state index in [1.165, 1.54) is 0 Å². The zero-order chi connectivity index (χ0) is 18.9. The Labute approximate surface area is 158 Å². The number of benzene rings is 2. The van der Waals surface area contributed by atoms with E-state index in [2.05, 4.69) is 5.32 Å². The highest BCUT2D eigenvalue weighted by Crippen LogP contribution is 2.27. The monoisotopic (exact) mass is 375 g/mol. The van der Waals surface area contributed by atoms with Crippen LogP contribution >= 0.6 is 11.6 Å². The second-order valence-corrected chi connectivity index (χ2v) is 6.32. The summed E-state index contributed by atoms with van der Waals surface area (Å²) in [7, 11) is 0. The topological polar surface area (TPSA) is 64.6 Å². The van der Waals surface area contributed by atoms with E-state index in [0.717, 1.165) is 16.9 Å². The molecule has 0 aliphatic rings. The van der Waals surface area contributed by atoms with Crippen molar-refractivity contribution in [1.29, 1.82) is 0 Å². The van der Waals surface area contributed by atoms with E-state index in [0.29, 0.717) is 23.7 Å². The Bertz CT molecular complexity index is 739. The molecule has 0 aromatic heterocycles. The minimum absolute atomic E-state index is 0.185. The van der Waals surface area contributed by atoms with Crippen molar-refractivity contribution in [2.75, 3.05) is 18.5 Å². The number of hydrogen-bond donors (Lipinski definition) is 1. The minimum atomic E-state index is -0.441. The number of carbonyl (C=O) groups is 2. The molecule has 138 valence electrons. The number of amides is 1. The molecule has 1 N–H and O–H groups in total. The summed E-state index contributed by atoms with van der Waals surface area (Å²) in [5.41, 5.74) is 2.40. The molecule has 2 rings (SSSR count). The van der Waals surface area contributed by atoms with Crippen molar-refractivity contribution >= 4 is 29.2 Å². The Hall–Kier alpha value is -2.53. The van der Waals surface area contributed by atoms with Crippen LogP contribution in [-0.4, -0.2) is 25.1 Å². The maximum Gasteiger partial charge on any atom is 0.306 e. The molecule has 5 nitrogen and oxygen atoms in total. The van der Waals surface area contributed by atoms with Crippen LogP contribution in [0.2, 0.25) is 5.02 Å². The Morgan fingerprint density at radius 1 is 1.12 bits per heavy atom. The van der Waals surface area contributed by atoms with Crippen molar-refractivity contribution in [3.05, 3.63) is 58.6 Å². The van der Waals surface area contributed by atoms with Gasteiger partial charge in [-0.25, -0.2) is 0 Å². The van der Waals surface area contributed by atoms with Gasteiger partial charge in [0.25, 0.3) is 5.91 Å². The van der Waals surface area contributed by atoms with Gasteiger partial charge in [0.15, 0.2) is 6.61 Å². The number of anilines is 1. The van der Waals surface area contributed by atoms with Crippen molar-refractivity contribution in [2.24, 2.45) is 0 Å². The lowest BCUT2D eigenvalue weighted by Gasteiger charge is -2.12. The molecule has 0 aliphatic heterocycles. The summed E-state index contributed by atoms with van der Waals surface area (Å²) in [6, 6.07) is 13.0. The Morgan fingerprint density at radius 2 is 1.85 bits per heavy atom. The molecule has 0 atom stereocenters. The first-order chi connectivity index (χ1) is 12.5. The van der Waals surface area contributed by atoms with Gasteiger partial charge < -0.3 is 14.8 Å². The lowest BCUT2D eigenvalue weighted by Crippen LogP contribution is -2.21. The van der Waals surface area contributed by atoms with Gasteiger partial charge in [0, 0.05) is 6.42 Å². The summed E-state index contributed by atoms with van der Waals surface area (Å²) in [6.45, 7) is 3.84. The number of aryl methyl sites for hydroxylation is 2. The van der Waals surface area contributed by atoms with Crippen LogP contribution in [-0.2, 0) is 14.3 Å². The van der Waals surface area contributed by atoms with Gasteiger partial charge in [0.2, 0.25) is 0 Å². The molecule has 0 heterocycles. The highest BCUT2D eigenvalue weighted by atomic mass is 35.5. The van der Waals surface area contributed by atoms with E-state index in [4.69, 9.17) is 21.1 Å². The second kappa shape index (κ2) is 9.82. The fourth-order valence-corrected chi connectivity index (χ4v) is 2.76. The molecule has 0 saturated heterocycles. The number of halogens is 1. The molecule has 0 radical (unpaired) electrons. The number of ether oxygens (including phenoxy) is 2. The fraction of sp³-hybridized carbons (Fsp3) is 0.300. The van der Waals surface area contributed by atoms with E-state index < -0.39 is 11.9 Å². The van der Waals surface area contributed by atoms with Gasteiger partial charge >= 0.3 is 5.97 Å². The molecule has 0 spiro atoms. The second-order valence-electron chi connectivity index (χ2n) is 5.91. The van der Waals surface area contributed by atoms with Crippen LogP contribution in [0.3, 0.4) is 0 Å². The molecular formula is C20H22ClNO4. The molecule has 2 aromatic carbocycles. The SMILES string of the molecule is Cc1cc(C)c(NC(=O)COC(=O)CCCOc2ccccc2)c(Cl)c1. The zero-order valence-electron chi connectivity index (χ0n) is 14.9. The van der Waals surface area contributed by atoms with Crippen molar-refractivity contribution in [3.8, 4) is 5.75 Å². The van der Waals surface area contributed by atoms with Gasteiger partial charge in [0.1, 0.15) is 5.75 Å². The lowest BCUT2D eigenvalue weighted by atomic mass is 10.1. The molecule has 1 amide bonds. The first-order valence-corrected chi connectivity index (χ1v) is 8.73. The van der Waals surface area contributed by atoms with Gasteiger partial charge in [0.05, 0.1) is 17.3 Å². The van der Waals surface area contributed by atoms with E-state index in [-0.39, 0.29) is 13.0 Å². The molecule has 0 aliphatic carbocycles. The van der Waals surface area contributed by atoms with Crippen LogP contribution in [0.5, 0.6) is 5.75 Å². The minimum Gasteiger partial charge on any atom is -0.494 e. The maximum absolute atomic E-state index is 11.9. The van der Waals surface area contributed by atoms with Crippen molar-refractivity contribution in [2.45, 2.75) is 26.7 Å². The Balaban J connectivity index is 1.68. The molecule has 26 heavy (non-hydrogen) atoms. The van der Waals surface area contributed by atoms with Crippen molar-refractivity contribution in [3.63, 3.8) is 0 Å². The van der Waals surface area contributed by atoms with Crippen LogP contribution in [0.1, 0.15) is 24.0 Å². The lowest BCUT2D eigenvalue weighted by molar-refractivity contribution is -0.147. The van der Waals surface area contributed by atoms with E-state index in [1.54, 1.807) is 6.07 Å². The smallest absolute Gasteiger partial charge is 0.306 e. The summed E-state index contributed by atoms with van der Waals surface area (Å²) in [6.07, 6.45) is 0.697. The molecule has 0 saturated carbocycles. The van der Waals surface area contributed by atoms with Crippen LogP contribution in [0.15, 0.2) is 42.5 Å². The summed E-state index contributed by atoms with van der Waals surface area (Å²) < 4.78 is 10.5. The quantitative estimate of drug-likeness (QED) is 0.552. The highest BCUT2D eigenvalue weighted by Gasteiger charge is 2.12. The summed E-state index contributed by atoms with van der Waals surface area (Å²) >= 11 is 6.14. The van der Waals surface area contributed by atoms with Gasteiger partial charge in [-0.05, 0) is 49.6 Å².